The molecule has 1 aromatic rings. The predicted octanol–water partition coefficient (Wildman–Crippen LogP) is -0.196. The first-order valence-corrected chi connectivity index (χ1v) is 5.47. The number of thiazole rings is 1. The van der Waals surface area contributed by atoms with Gasteiger partial charge in [-0.2, -0.15) is 0 Å². The molecule has 0 fully saturated rings. The summed E-state index contributed by atoms with van der Waals surface area (Å²) < 4.78 is 4.32. The van der Waals surface area contributed by atoms with E-state index in [-0.39, 0.29) is 11.4 Å². The molecule has 0 radical (unpaired) electrons. The number of esters is 1. The van der Waals surface area contributed by atoms with E-state index in [1.54, 1.807) is 0 Å². The second-order valence-corrected chi connectivity index (χ2v) is 3.60. The molecule has 1 aromatic heterocycles. The summed E-state index contributed by atoms with van der Waals surface area (Å²) in [7, 11) is 1.20. The molecule has 9 heteroatoms. The summed E-state index contributed by atoms with van der Waals surface area (Å²) in [5.41, 5.74) is 0.151. The average molecular weight is 271 g/mol. The van der Waals surface area contributed by atoms with Crippen molar-refractivity contribution in [3.8, 4) is 0 Å². The van der Waals surface area contributed by atoms with Crippen LogP contribution in [0.5, 0.6) is 0 Å². The normalized spacial score (nSPS) is 10.6. The fraction of sp³-hybridized carbons (Fsp3) is 0.222. The van der Waals surface area contributed by atoms with Crippen LogP contribution in [0.1, 0.15) is 5.69 Å². The molecular weight excluding hydrogens is 262 g/mol. The fourth-order valence-corrected chi connectivity index (χ4v) is 1.51. The number of aldehydes is 1. The van der Waals surface area contributed by atoms with Gasteiger partial charge in [0.25, 0.3) is 0 Å². The van der Waals surface area contributed by atoms with Crippen LogP contribution in [0.3, 0.4) is 0 Å². The van der Waals surface area contributed by atoms with Crippen molar-refractivity contribution in [1.29, 1.82) is 0 Å². The van der Waals surface area contributed by atoms with Gasteiger partial charge in [-0.25, -0.2) is 9.78 Å². The summed E-state index contributed by atoms with van der Waals surface area (Å²) >= 11 is 1.12. The van der Waals surface area contributed by atoms with Gasteiger partial charge in [-0.05, 0) is 0 Å². The lowest BCUT2D eigenvalue weighted by atomic mass is 10.3. The topological polar surface area (TPSA) is 107 Å². The molecular formula is C9H9N3O5S. The largest absolute Gasteiger partial charge is 0.466 e. The fourth-order valence-electron chi connectivity index (χ4n) is 0.850. The number of ether oxygens (including phenoxy) is 1. The molecule has 1 heterocycles. The van der Waals surface area contributed by atoms with Crippen LogP contribution in [0.25, 0.3) is 0 Å². The van der Waals surface area contributed by atoms with Crippen molar-refractivity contribution in [3.05, 3.63) is 11.1 Å². The zero-order valence-corrected chi connectivity index (χ0v) is 10.1. The van der Waals surface area contributed by atoms with Gasteiger partial charge in [0, 0.05) is 5.38 Å². The lowest BCUT2D eigenvalue weighted by molar-refractivity contribution is -0.145. The van der Waals surface area contributed by atoms with Crippen LogP contribution in [0, 0.1) is 0 Å². The Morgan fingerprint density at radius 3 is 3.00 bits per heavy atom. The number of rotatable bonds is 7. The molecule has 1 amide bonds. The standard InChI is InChI=1S/C9H9N3O5S/c1-16-8(15)3-17-12-6(2-13)7-4-18-9(11-7)10-5-14/h2,4-5H,3H2,1H3,(H,10,11,14)/b12-6+. The Labute approximate surface area is 106 Å². The first kappa shape index (κ1) is 13.8. The van der Waals surface area contributed by atoms with Crippen molar-refractivity contribution in [1.82, 2.24) is 4.98 Å². The van der Waals surface area contributed by atoms with Crippen molar-refractivity contribution in [2.24, 2.45) is 5.16 Å². The van der Waals surface area contributed by atoms with Crippen LogP contribution in [0.4, 0.5) is 5.13 Å². The van der Waals surface area contributed by atoms with Gasteiger partial charge in [0.2, 0.25) is 13.0 Å². The van der Waals surface area contributed by atoms with Crippen molar-refractivity contribution in [3.63, 3.8) is 0 Å². The molecule has 1 rings (SSSR count). The first-order chi connectivity index (χ1) is 8.71. The molecule has 0 atom stereocenters. The number of hydrogen-bond acceptors (Lipinski definition) is 8. The van der Waals surface area contributed by atoms with E-state index in [2.05, 4.69) is 25.0 Å². The number of oxime groups is 1. The van der Waals surface area contributed by atoms with Gasteiger partial charge in [0.05, 0.1) is 7.11 Å². The molecule has 0 aromatic carbocycles. The molecule has 0 saturated carbocycles. The van der Waals surface area contributed by atoms with E-state index in [0.717, 1.165) is 11.3 Å². The smallest absolute Gasteiger partial charge is 0.346 e. The van der Waals surface area contributed by atoms with E-state index in [9.17, 15) is 14.4 Å². The van der Waals surface area contributed by atoms with E-state index < -0.39 is 12.6 Å². The number of nitrogens with one attached hydrogen (secondary N) is 1. The highest BCUT2D eigenvalue weighted by Gasteiger charge is 2.09. The van der Waals surface area contributed by atoms with Gasteiger partial charge in [-0.15, -0.1) is 11.3 Å². The zero-order chi connectivity index (χ0) is 13.4. The second-order valence-electron chi connectivity index (χ2n) is 2.74. The summed E-state index contributed by atoms with van der Waals surface area (Å²) in [5, 5.41) is 7.62. The van der Waals surface area contributed by atoms with Gasteiger partial charge in [-0.1, -0.05) is 5.16 Å². The van der Waals surface area contributed by atoms with Gasteiger partial charge < -0.3 is 14.9 Å². The summed E-state index contributed by atoms with van der Waals surface area (Å²) in [6.07, 6.45) is 0.894. The van der Waals surface area contributed by atoms with Gasteiger partial charge in [0.1, 0.15) is 5.69 Å². The van der Waals surface area contributed by atoms with Crippen LogP contribution in [-0.4, -0.2) is 43.1 Å². The second kappa shape index (κ2) is 7.12. The van der Waals surface area contributed by atoms with Crippen molar-refractivity contribution >= 4 is 40.8 Å². The van der Waals surface area contributed by atoms with E-state index in [4.69, 9.17) is 0 Å². The highest BCUT2D eigenvalue weighted by molar-refractivity contribution is 7.14. The maximum atomic E-state index is 10.8. The van der Waals surface area contributed by atoms with Crippen molar-refractivity contribution < 1.29 is 24.0 Å². The SMILES string of the molecule is COC(=O)CO/N=C(\C=O)c1csc(NC=O)n1. The monoisotopic (exact) mass is 271 g/mol. The Hall–Kier alpha value is -2.29. The minimum Gasteiger partial charge on any atom is -0.466 e. The Morgan fingerprint density at radius 2 is 2.39 bits per heavy atom. The summed E-state index contributed by atoms with van der Waals surface area (Å²) in [6.45, 7) is -0.405. The number of carbonyl (C=O) groups excluding carboxylic acids is 3. The van der Waals surface area contributed by atoms with Crippen LogP contribution in [0.15, 0.2) is 10.5 Å². The molecule has 8 nitrogen and oxygen atoms in total. The minimum atomic E-state index is -0.620. The third kappa shape index (κ3) is 3.94. The number of carbonyl (C=O) groups is 3. The number of nitrogens with zero attached hydrogens (tertiary/aromatic N) is 2. The molecule has 96 valence electrons. The molecule has 0 bridgehead atoms. The maximum absolute atomic E-state index is 10.8. The Kier molecular flexibility index (Phi) is 5.45. The third-order valence-electron chi connectivity index (χ3n) is 1.63. The predicted molar refractivity (Wildman–Crippen MR) is 62.4 cm³/mol. The van der Waals surface area contributed by atoms with E-state index in [1.165, 1.54) is 12.5 Å². The van der Waals surface area contributed by atoms with Crippen molar-refractivity contribution in [2.45, 2.75) is 0 Å². The molecule has 0 aliphatic carbocycles. The average Bonchev–Trinajstić information content (AvgIpc) is 2.83. The van der Waals surface area contributed by atoms with Gasteiger partial charge in [0.15, 0.2) is 17.1 Å². The molecule has 0 aliphatic rings. The molecule has 18 heavy (non-hydrogen) atoms. The number of aromatic nitrogens is 1. The lowest BCUT2D eigenvalue weighted by Crippen LogP contribution is -2.10. The quantitative estimate of drug-likeness (QED) is 0.318. The maximum Gasteiger partial charge on any atom is 0.346 e. The highest BCUT2D eigenvalue weighted by Crippen LogP contribution is 2.14. The molecule has 0 aliphatic heterocycles. The van der Waals surface area contributed by atoms with E-state index in [0.29, 0.717) is 17.8 Å². The number of anilines is 1. The van der Waals surface area contributed by atoms with Gasteiger partial charge >= 0.3 is 5.97 Å². The van der Waals surface area contributed by atoms with Crippen LogP contribution < -0.4 is 5.32 Å². The van der Waals surface area contributed by atoms with Gasteiger partial charge in [-0.3, -0.25) is 9.59 Å². The lowest BCUT2D eigenvalue weighted by Gasteiger charge is -1.98. The zero-order valence-electron chi connectivity index (χ0n) is 9.28. The van der Waals surface area contributed by atoms with Crippen LogP contribution in [0.2, 0.25) is 0 Å². The minimum absolute atomic E-state index is 0.0888. The molecule has 0 spiro atoms. The number of hydrogen-bond donors (Lipinski definition) is 1. The van der Waals surface area contributed by atoms with E-state index in [1.807, 2.05) is 0 Å². The molecule has 0 saturated heterocycles. The summed E-state index contributed by atoms with van der Waals surface area (Å²) in [4.78, 5) is 40.2. The van der Waals surface area contributed by atoms with Crippen molar-refractivity contribution in [2.75, 3.05) is 19.0 Å². The molecule has 1 N–H and O–H groups in total. The van der Waals surface area contributed by atoms with E-state index >= 15 is 0 Å². The van der Waals surface area contributed by atoms with Crippen LogP contribution >= 0.6 is 11.3 Å². The van der Waals surface area contributed by atoms with Crippen LogP contribution in [-0.2, 0) is 24.0 Å². The Bertz CT molecular complexity index is 471. The number of methoxy groups -OCH3 is 1. The first-order valence-electron chi connectivity index (χ1n) is 4.59. The highest BCUT2D eigenvalue weighted by atomic mass is 32.1. The summed E-state index contributed by atoms with van der Waals surface area (Å²) in [6, 6.07) is 0. The Morgan fingerprint density at radius 1 is 1.61 bits per heavy atom. The summed E-state index contributed by atoms with van der Waals surface area (Å²) in [5.74, 6) is -0.620. The third-order valence-corrected chi connectivity index (χ3v) is 2.41. The Balaban J connectivity index is 2.69. The number of amides is 1. The molecule has 0 unspecified atom stereocenters.